The Morgan fingerprint density at radius 3 is 2.94 bits per heavy atom. The zero-order valence-electron chi connectivity index (χ0n) is 10.6. The van der Waals surface area contributed by atoms with Gasteiger partial charge in [-0.25, -0.2) is 0 Å². The highest BCUT2D eigenvalue weighted by atomic mass is 16.1. The SMILES string of the molecule is O=C(/C=C/c1ccccc1)NCCC1CCNC1. The first kappa shape index (κ1) is 12.8. The summed E-state index contributed by atoms with van der Waals surface area (Å²) in [6.45, 7) is 2.98. The smallest absolute Gasteiger partial charge is 0.243 e. The van der Waals surface area contributed by atoms with Gasteiger partial charge >= 0.3 is 0 Å². The minimum Gasteiger partial charge on any atom is -0.353 e. The van der Waals surface area contributed by atoms with E-state index in [-0.39, 0.29) is 5.91 Å². The molecule has 1 unspecified atom stereocenters. The van der Waals surface area contributed by atoms with Crippen molar-refractivity contribution in [3.63, 3.8) is 0 Å². The Bertz CT molecular complexity index is 394. The quantitative estimate of drug-likeness (QED) is 0.776. The van der Waals surface area contributed by atoms with Crippen LogP contribution in [-0.2, 0) is 4.79 Å². The molecule has 1 saturated heterocycles. The van der Waals surface area contributed by atoms with E-state index >= 15 is 0 Å². The summed E-state index contributed by atoms with van der Waals surface area (Å²) in [4.78, 5) is 11.6. The Morgan fingerprint density at radius 1 is 1.39 bits per heavy atom. The minimum absolute atomic E-state index is 0.00944. The Hall–Kier alpha value is -1.61. The first-order valence-electron chi connectivity index (χ1n) is 6.56. The predicted octanol–water partition coefficient (Wildman–Crippen LogP) is 1.82. The average molecular weight is 244 g/mol. The van der Waals surface area contributed by atoms with E-state index in [1.165, 1.54) is 6.42 Å². The Labute approximate surface area is 108 Å². The molecule has 1 aliphatic rings. The van der Waals surface area contributed by atoms with E-state index in [9.17, 15) is 4.79 Å². The molecule has 2 rings (SSSR count). The fourth-order valence-electron chi connectivity index (χ4n) is 2.16. The summed E-state index contributed by atoms with van der Waals surface area (Å²) in [7, 11) is 0. The van der Waals surface area contributed by atoms with Gasteiger partial charge in [0.1, 0.15) is 0 Å². The molecule has 1 aromatic rings. The van der Waals surface area contributed by atoms with E-state index in [1.807, 2.05) is 36.4 Å². The molecule has 1 atom stereocenters. The van der Waals surface area contributed by atoms with Crippen LogP contribution in [0.25, 0.3) is 6.08 Å². The fraction of sp³-hybridized carbons (Fsp3) is 0.400. The summed E-state index contributed by atoms with van der Waals surface area (Å²) >= 11 is 0. The molecule has 0 aliphatic carbocycles. The summed E-state index contributed by atoms with van der Waals surface area (Å²) < 4.78 is 0. The number of hydrogen-bond donors (Lipinski definition) is 2. The van der Waals surface area contributed by atoms with Crippen LogP contribution in [0.2, 0.25) is 0 Å². The third-order valence-electron chi connectivity index (χ3n) is 3.24. The third kappa shape index (κ3) is 4.34. The number of hydrogen-bond acceptors (Lipinski definition) is 2. The van der Waals surface area contributed by atoms with Crippen LogP contribution in [0.15, 0.2) is 36.4 Å². The fourth-order valence-corrected chi connectivity index (χ4v) is 2.16. The van der Waals surface area contributed by atoms with Gasteiger partial charge in [0.25, 0.3) is 0 Å². The summed E-state index contributed by atoms with van der Waals surface area (Å²) in [5, 5.41) is 6.26. The Balaban J connectivity index is 1.67. The van der Waals surface area contributed by atoms with Crippen LogP contribution in [0.3, 0.4) is 0 Å². The van der Waals surface area contributed by atoms with E-state index in [0.29, 0.717) is 0 Å². The maximum Gasteiger partial charge on any atom is 0.243 e. The standard InChI is InChI=1S/C15H20N2O/c18-15(7-6-13-4-2-1-3-5-13)17-11-9-14-8-10-16-12-14/h1-7,14,16H,8-12H2,(H,17,18)/b7-6+. The lowest BCUT2D eigenvalue weighted by Gasteiger charge is -2.07. The van der Waals surface area contributed by atoms with Crippen molar-refractivity contribution in [1.82, 2.24) is 10.6 Å². The van der Waals surface area contributed by atoms with Crippen molar-refractivity contribution in [2.75, 3.05) is 19.6 Å². The third-order valence-corrected chi connectivity index (χ3v) is 3.24. The van der Waals surface area contributed by atoms with Crippen molar-refractivity contribution in [3.8, 4) is 0 Å². The topological polar surface area (TPSA) is 41.1 Å². The van der Waals surface area contributed by atoms with Crippen molar-refractivity contribution in [1.29, 1.82) is 0 Å². The number of benzene rings is 1. The number of carbonyl (C=O) groups is 1. The lowest BCUT2D eigenvalue weighted by molar-refractivity contribution is -0.116. The molecule has 1 amide bonds. The second-order valence-electron chi connectivity index (χ2n) is 4.68. The Kier molecular flexibility index (Phi) is 4.97. The van der Waals surface area contributed by atoms with Crippen molar-refractivity contribution in [2.45, 2.75) is 12.8 Å². The molecule has 0 radical (unpaired) electrons. The molecule has 1 fully saturated rings. The van der Waals surface area contributed by atoms with Crippen LogP contribution < -0.4 is 10.6 Å². The molecular weight excluding hydrogens is 224 g/mol. The number of amides is 1. The number of rotatable bonds is 5. The second kappa shape index (κ2) is 6.97. The first-order valence-corrected chi connectivity index (χ1v) is 6.56. The van der Waals surface area contributed by atoms with Crippen LogP contribution in [-0.4, -0.2) is 25.5 Å². The summed E-state index contributed by atoms with van der Waals surface area (Å²) in [6, 6.07) is 9.85. The molecule has 96 valence electrons. The minimum atomic E-state index is -0.00944. The van der Waals surface area contributed by atoms with Gasteiger partial charge in [-0.15, -0.1) is 0 Å². The van der Waals surface area contributed by atoms with Gasteiger partial charge in [-0.2, -0.15) is 0 Å². The van der Waals surface area contributed by atoms with E-state index in [1.54, 1.807) is 6.08 Å². The molecule has 0 saturated carbocycles. The summed E-state index contributed by atoms with van der Waals surface area (Å²) in [6.07, 6.45) is 5.74. The van der Waals surface area contributed by atoms with Crippen molar-refractivity contribution in [2.24, 2.45) is 5.92 Å². The molecule has 18 heavy (non-hydrogen) atoms. The van der Waals surface area contributed by atoms with Crippen molar-refractivity contribution < 1.29 is 4.79 Å². The lowest BCUT2D eigenvalue weighted by Crippen LogP contribution is -2.24. The highest BCUT2D eigenvalue weighted by Gasteiger charge is 2.13. The summed E-state index contributed by atoms with van der Waals surface area (Å²) in [5.41, 5.74) is 1.05. The van der Waals surface area contributed by atoms with E-state index in [2.05, 4.69) is 10.6 Å². The number of nitrogens with one attached hydrogen (secondary N) is 2. The van der Waals surface area contributed by atoms with Gasteiger partial charge in [-0.05, 0) is 43.5 Å². The second-order valence-corrected chi connectivity index (χ2v) is 4.68. The van der Waals surface area contributed by atoms with Crippen LogP contribution in [0.5, 0.6) is 0 Å². The van der Waals surface area contributed by atoms with Gasteiger partial charge in [0.15, 0.2) is 0 Å². The summed E-state index contributed by atoms with van der Waals surface area (Å²) in [5.74, 6) is 0.716. The van der Waals surface area contributed by atoms with Crippen LogP contribution >= 0.6 is 0 Å². The van der Waals surface area contributed by atoms with Gasteiger partial charge in [-0.1, -0.05) is 30.3 Å². The van der Waals surface area contributed by atoms with Crippen LogP contribution in [0.1, 0.15) is 18.4 Å². The van der Waals surface area contributed by atoms with Gasteiger partial charge < -0.3 is 10.6 Å². The van der Waals surface area contributed by atoms with E-state index < -0.39 is 0 Å². The van der Waals surface area contributed by atoms with Crippen LogP contribution in [0.4, 0.5) is 0 Å². The maximum absolute atomic E-state index is 11.6. The average Bonchev–Trinajstić information content (AvgIpc) is 2.91. The zero-order chi connectivity index (χ0) is 12.6. The van der Waals surface area contributed by atoms with Gasteiger partial charge in [0.05, 0.1) is 0 Å². The monoisotopic (exact) mass is 244 g/mol. The van der Waals surface area contributed by atoms with Crippen molar-refractivity contribution >= 4 is 12.0 Å². The molecule has 1 heterocycles. The molecule has 2 N–H and O–H groups in total. The maximum atomic E-state index is 11.6. The Morgan fingerprint density at radius 2 is 2.22 bits per heavy atom. The predicted molar refractivity (Wildman–Crippen MR) is 74.1 cm³/mol. The van der Waals surface area contributed by atoms with Crippen molar-refractivity contribution in [3.05, 3.63) is 42.0 Å². The first-order chi connectivity index (χ1) is 8.84. The molecule has 0 bridgehead atoms. The highest BCUT2D eigenvalue weighted by molar-refractivity contribution is 5.91. The number of carbonyl (C=O) groups excluding carboxylic acids is 1. The lowest BCUT2D eigenvalue weighted by atomic mass is 10.1. The molecule has 1 aromatic carbocycles. The van der Waals surface area contributed by atoms with Gasteiger partial charge in [-0.3, -0.25) is 4.79 Å². The van der Waals surface area contributed by atoms with Gasteiger partial charge in [0, 0.05) is 12.6 Å². The molecular formula is C15H20N2O. The normalized spacial score (nSPS) is 19.2. The molecule has 3 heteroatoms. The molecule has 1 aliphatic heterocycles. The van der Waals surface area contributed by atoms with Gasteiger partial charge in [0.2, 0.25) is 5.91 Å². The molecule has 0 aromatic heterocycles. The molecule has 3 nitrogen and oxygen atoms in total. The van der Waals surface area contributed by atoms with Crippen LogP contribution in [0, 0.1) is 5.92 Å². The zero-order valence-corrected chi connectivity index (χ0v) is 10.6. The molecule has 0 spiro atoms. The van der Waals surface area contributed by atoms with E-state index in [0.717, 1.165) is 37.5 Å². The largest absolute Gasteiger partial charge is 0.353 e. The highest BCUT2D eigenvalue weighted by Crippen LogP contribution is 2.10. The van der Waals surface area contributed by atoms with E-state index in [4.69, 9.17) is 0 Å².